The topological polar surface area (TPSA) is 86.9 Å². The lowest BCUT2D eigenvalue weighted by atomic mass is 9.89. The van der Waals surface area contributed by atoms with Crippen LogP contribution in [0.5, 0.6) is 0 Å². The molecule has 0 fully saturated rings. The molecule has 1 rings (SSSR count). The highest BCUT2D eigenvalue weighted by Crippen LogP contribution is 2.21. The first-order valence-electron chi connectivity index (χ1n) is 6.93. The zero-order chi connectivity index (χ0) is 15.4. The molecule has 0 aromatic carbocycles. The van der Waals surface area contributed by atoms with Crippen LogP contribution in [0.4, 0.5) is 0 Å². The molecule has 6 nitrogen and oxygen atoms in total. The molecule has 20 heavy (non-hydrogen) atoms. The van der Waals surface area contributed by atoms with Crippen LogP contribution in [0.3, 0.4) is 0 Å². The number of hydrogen-bond donors (Lipinski definition) is 3. The van der Waals surface area contributed by atoms with E-state index >= 15 is 0 Å². The van der Waals surface area contributed by atoms with E-state index in [4.69, 9.17) is 0 Å². The monoisotopic (exact) mass is 302 g/mol. The van der Waals surface area contributed by atoms with Crippen molar-refractivity contribution >= 4 is 10.0 Å². The standard InChI is InChI=1S/C13H26N4O2S/c1-6-7-14-8-11-9-15-16-12(11)20(18,19)17-10(2)13(3,4)5/h9-10,14,17H,6-8H2,1-5H3,(H,15,16). The van der Waals surface area contributed by atoms with Crippen molar-refractivity contribution < 1.29 is 8.42 Å². The normalized spacial score (nSPS) is 14.4. The van der Waals surface area contributed by atoms with E-state index in [1.54, 1.807) is 6.20 Å². The Hall–Kier alpha value is -0.920. The van der Waals surface area contributed by atoms with Crippen LogP contribution >= 0.6 is 0 Å². The van der Waals surface area contributed by atoms with Gasteiger partial charge in [0, 0.05) is 18.2 Å². The summed E-state index contributed by atoms with van der Waals surface area (Å²) in [4.78, 5) is 0. The summed E-state index contributed by atoms with van der Waals surface area (Å²) in [7, 11) is -3.58. The second-order valence-electron chi connectivity index (χ2n) is 6.11. The predicted molar refractivity (Wildman–Crippen MR) is 79.8 cm³/mol. The highest BCUT2D eigenvalue weighted by molar-refractivity contribution is 7.89. The summed E-state index contributed by atoms with van der Waals surface area (Å²) in [6.07, 6.45) is 2.55. The van der Waals surface area contributed by atoms with Crippen LogP contribution in [-0.4, -0.2) is 31.2 Å². The summed E-state index contributed by atoms with van der Waals surface area (Å²) in [6.45, 7) is 11.3. The maximum absolute atomic E-state index is 12.4. The van der Waals surface area contributed by atoms with Crippen LogP contribution in [0.1, 0.15) is 46.6 Å². The van der Waals surface area contributed by atoms with Crippen molar-refractivity contribution in [3.63, 3.8) is 0 Å². The zero-order valence-electron chi connectivity index (χ0n) is 12.9. The largest absolute Gasteiger partial charge is 0.313 e. The van der Waals surface area contributed by atoms with Gasteiger partial charge in [0.2, 0.25) is 0 Å². The van der Waals surface area contributed by atoms with E-state index < -0.39 is 10.0 Å². The number of H-pyrrole nitrogens is 1. The molecule has 0 radical (unpaired) electrons. The Kier molecular flexibility index (Phi) is 5.73. The van der Waals surface area contributed by atoms with Crippen LogP contribution in [0.25, 0.3) is 0 Å². The Bertz CT molecular complexity index is 517. The Morgan fingerprint density at radius 3 is 2.60 bits per heavy atom. The number of hydrogen-bond acceptors (Lipinski definition) is 4. The lowest BCUT2D eigenvalue weighted by molar-refractivity contribution is 0.317. The van der Waals surface area contributed by atoms with Gasteiger partial charge in [0.05, 0.1) is 6.20 Å². The summed E-state index contributed by atoms with van der Waals surface area (Å²) in [5.74, 6) is 0. The van der Waals surface area contributed by atoms with E-state index in [0.29, 0.717) is 12.1 Å². The maximum atomic E-state index is 12.4. The molecule has 1 aromatic heterocycles. The van der Waals surface area contributed by atoms with Gasteiger partial charge in [-0.1, -0.05) is 27.7 Å². The molecule has 0 aliphatic heterocycles. The molecule has 0 aliphatic rings. The third-order valence-electron chi connectivity index (χ3n) is 3.32. The molecule has 1 heterocycles. The summed E-state index contributed by atoms with van der Waals surface area (Å²) in [6, 6.07) is -0.174. The van der Waals surface area contributed by atoms with Crippen LogP contribution in [0, 0.1) is 5.41 Å². The quantitative estimate of drug-likeness (QED) is 0.668. The van der Waals surface area contributed by atoms with Crippen LogP contribution in [0.2, 0.25) is 0 Å². The predicted octanol–water partition coefficient (Wildman–Crippen LogP) is 1.62. The third kappa shape index (κ3) is 4.57. The molecule has 1 unspecified atom stereocenters. The van der Waals surface area contributed by atoms with Gasteiger partial charge in [0.25, 0.3) is 10.0 Å². The molecule has 3 N–H and O–H groups in total. The fraction of sp³-hybridized carbons (Fsp3) is 0.769. The van der Waals surface area contributed by atoms with Crippen molar-refractivity contribution in [2.75, 3.05) is 6.54 Å². The number of nitrogens with zero attached hydrogens (tertiary/aromatic N) is 1. The minimum Gasteiger partial charge on any atom is -0.313 e. The average Bonchev–Trinajstić information content (AvgIpc) is 2.76. The highest BCUT2D eigenvalue weighted by Gasteiger charge is 2.28. The molecule has 1 atom stereocenters. The van der Waals surface area contributed by atoms with Crippen LogP contribution in [-0.2, 0) is 16.6 Å². The summed E-state index contributed by atoms with van der Waals surface area (Å²) in [5, 5.41) is 9.77. The van der Waals surface area contributed by atoms with Gasteiger partial charge in [0.15, 0.2) is 5.03 Å². The second kappa shape index (κ2) is 6.69. The van der Waals surface area contributed by atoms with E-state index in [9.17, 15) is 8.42 Å². The third-order valence-corrected chi connectivity index (χ3v) is 4.87. The minimum atomic E-state index is -3.58. The maximum Gasteiger partial charge on any atom is 0.258 e. The van der Waals surface area contributed by atoms with Crippen molar-refractivity contribution in [1.82, 2.24) is 20.2 Å². The number of rotatable bonds is 7. The van der Waals surface area contributed by atoms with Crippen molar-refractivity contribution in [2.24, 2.45) is 5.41 Å². The average molecular weight is 302 g/mol. The lowest BCUT2D eigenvalue weighted by Gasteiger charge is -2.27. The smallest absolute Gasteiger partial charge is 0.258 e. The van der Waals surface area contributed by atoms with E-state index in [1.165, 1.54) is 0 Å². The van der Waals surface area contributed by atoms with Gasteiger partial charge >= 0.3 is 0 Å². The van der Waals surface area contributed by atoms with Gasteiger partial charge in [-0.15, -0.1) is 0 Å². The highest BCUT2D eigenvalue weighted by atomic mass is 32.2. The summed E-state index contributed by atoms with van der Waals surface area (Å²) in [5.41, 5.74) is 0.514. The summed E-state index contributed by atoms with van der Waals surface area (Å²) >= 11 is 0. The van der Waals surface area contributed by atoms with E-state index in [-0.39, 0.29) is 16.5 Å². The first kappa shape index (κ1) is 17.1. The van der Waals surface area contributed by atoms with Crippen molar-refractivity contribution in [2.45, 2.75) is 58.7 Å². The lowest BCUT2D eigenvalue weighted by Crippen LogP contribution is -2.41. The molecule has 0 saturated heterocycles. The molecular formula is C13H26N4O2S. The first-order chi connectivity index (χ1) is 9.18. The molecule has 0 amide bonds. The van der Waals surface area contributed by atoms with Gasteiger partial charge in [-0.2, -0.15) is 5.10 Å². The Labute approximate surface area is 121 Å². The van der Waals surface area contributed by atoms with E-state index in [0.717, 1.165) is 13.0 Å². The van der Waals surface area contributed by atoms with Crippen molar-refractivity contribution in [3.05, 3.63) is 11.8 Å². The number of aromatic nitrogens is 2. The van der Waals surface area contributed by atoms with Gasteiger partial charge < -0.3 is 5.32 Å². The Morgan fingerprint density at radius 1 is 1.40 bits per heavy atom. The Balaban J connectivity index is 2.85. The van der Waals surface area contributed by atoms with Gasteiger partial charge in [-0.05, 0) is 25.3 Å². The molecular weight excluding hydrogens is 276 g/mol. The number of sulfonamides is 1. The fourth-order valence-corrected chi connectivity index (χ4v) is 3.11. The van der Waals surface area contributed by atoms with Gasteiger partial charge in [-0.3, -0.25) is 5.10 Å². The van der Waals surface area contributed by atoms with E-state index in [2.05, 4.69) is 27.2 Å². The van der Waals surface area contributed by atoms with Crippen molar-refractivity contribution in [1.29, 1.82) is 0 Å². The minimum absolute atomic E-state index is 0.145. The molecule has 7 heteroatoms. The van der Waals surface area contributed by atoms with E-state index in [1.807, 2.05) is 27.7 Å². The molecule has 0 aliphatic carbocycles. The second-order valence-corrected chi connectivity index (χ2v) is 7.76. The number of aromatic amines is 1. The number of nitrogens with one attached hydrogen (secondary N) is 3. The first-order valence-corrected chi connectivity index (χ1v) is 8.42. The van der Waals surface area contributed by atoms with Crippen LogP contribution in [0.15, 0.2) is 11.2 Å². The molecule has 1 aromatic rings. The Morgan fingerprint density at radius 2 is 2.05 bits per heavy atom. The fourth-order valence-electron chi connectivity index (χ4n) is 1.53. The SMILES string of the molecule is CCCNCc1cn[nH]c1S(=O)(=O)NC(C)C(C)(C)C. The zero-order valence-corrected chi connectivity index (χ0v) is 13.8. The molecule has 0 spiro atoms. The van der Waals surface area contributed by atoms with Gasteiger partial charge in [0.1, 0.15) is 0 Å². The van der Waals surface area contributed by atoms with Crippen LogP contribution < -0.4 is 10.0 Å². The molecule has 0 saturated carbocycles. The summed E-state index contributed by atoms with van der Waals surface area (Å²) < 4.78 is 27.5. The molecule has 116 valence electrons. The van der Waals surface area contributed by atoms with Gasteiger partial charge in [-0.25, -0.2) is 13.1 Å². The van der Waals surface area contributed by atoms with Crippen molar-refractivity contribution in [3.8, 4) is 0 Å². The molecule has 0 bridgehead atoms.